The number of nitrogens with zero attached hydrogens (tertiary/aromatic N) is 2. The van der Waals surface area contributed by atoms with E-state index in [9.17, 15) is 9.18 Å². The van der Waals surface area contributed by atoms with E-state index in [1.54, 1.807) is 6.20 Å². The van der Waals surface area contributed by atoms with E-state index in [0.29, 0.717) is 5.16 Å². The van der Waals surface area contributed by atoms with Crippen LogP contribution < -0.4 is 5.32 Å². The maximum absolute atomic E-state index is 13.7. The first-order valence-electron chi connectivity index (χ1n) is 7.51. The van der Waals surface area contributed by atoms with Crippen molar-refractivity contribution < 1.29 is 9.18 Å². The molecule has 1 amide bonds. The lowest BCUT2D eigenvalue weighted by molar-refractivity contribution is -0.113. The zero-order chi connectivity index (χ0) is 17.8. The average Bonchev–Trinajstić information content (AvgIpc) is 3.04. The quantitative estimate of drug-likeness (QED) is 0.657. The maximum Gasteiger partial charge on any atom is 0.234 e. The third-order valence-corrected chi connectivity index (χ3v) is 4.72. The van der Waals surface area contributed by atoms with Gasteiger partial charge in [0.05, 0.1) is 17.1 Å². The SMILES string of the molecule is Cc1ccccc1-n1ccnc1SCC(=O)Nc1ccc(Cl)cc1F. The number of imidazole rings is 1. The summed E-state index contributed by atoms with van der Waals surface area (Å²) >= 11 is 6.99. The molecule has 0 atom stereocenters. The lowest BCUT2D eigenvalue weighted by Crippen LogP contribution is -2.15. The molecular formula is C18H15ClFN3OS. The third kappa shape index (κ3) is 4.21. The van der Waals surface area contributed by atoms with Gasteiger partial charge in [-0.15, -0.1) is 0 Å². The van der Waals surface area contributed by atoms with E-state index in [2.05, 4.69) is 10.3 Å². The molecule has 1 N–H and O–H groups in total. The van der Waals surface area contributed by atoms with Crippen LogP contribution in [0.5, 0.6) is 0 Å². The number of halogens is 2. The van der Waals surface area contributed by atoms with Crippen molar-refractivity contribution >= 4 is 35.0 Å². The van der Waals surface area contributed by atoms with E-state index >= 15 is 0 Å². The van der Waals surface area contributed by atoms with Gasteiger partial charge in [-0.3, -0.25) is 9.36 Å². The van der Waals surface area contributed by atoms with Crippen LogP contribution >= 0.6 is 23.4 Å². The van der Waals surface area contributed by atoms with Gasteiger partial charge in [-0.2, -0.15) is 0 Å². The van der Waals surface area contributed by atoms with Gasteiger partial charge in [0.25, 0.3) is 0 Å². The highest BCUT2D eigenvalue weighted by Gasteiger charge is 2.12. The number of nitrogens with one attached hydrogen (secondary N) is 1. The zero-order valence-electron chi connectivity index (χ0n) is 13.4. The van der Waals surface area contributed by atoms with Crippen LogP contribution in [0.1, 0.15) is 5.56 Å². The molecule has 0 aliphatic rings. The molecule has 128 valence electrons. The summed E-state index contributed by atoms with van der Waals surface area (Å²) in [5.74, 6) is -0.761. The van der Waals surface area contributed by atoms with E-state index in [1.807, 2.05) is 42.0 Å². The van der Waals surface area contributed by atoms with Crippen molar-refractivity contribution in [2.45, 2.75) is 12.1 Å². The maximum atomic E-state index is 13.7. The van der Waals surface area contributed by atoms with Crippen LogP contribution in [-0.2, 0) is 4.79 Å². The molecule has 4 nitrogen and oxygen atoms in total. The molecule has 0 spiro atoms. The minimum absolute atomic E-state index is 0.109. The predicted molar refractivity (Wildman–Crippen MR) is 99.1 cm³/mol. The van der Waals surface area contributed by atoms with Crippen LogP contribution in [0, 0.1) is 12.7 Å². The van der Waals surface area contributed by atoms with E-state index in [0.717, 1.165) is 17.3 Å². The number of carbonyl (C=O) groups is 1. The number of hydrogen-bond donors (Lipinski definition) is 1. The van der Waals surface area contributed by atoms with Crippen molar-refractivity contribution in [2.75, 3.05) is 11.1 Å². The van der Waals surface area contributed by atoms with Gasteiger partial charge >= 0.3 is 0 Å². The third-order valence-electron chi connectivity index (χ3n) is 3.52. The molecule has 0 radical (unpaired) electrons. The van der Waals surface area contributed by atoms with Crippen LogP contribution in [-0.4, -0.2) is 21.2 Å². The largest absolute Gasteiger partial charge is 0.323 e. The lowest BCUT2D eigenvalue weighted by Gasteiger charge is -2.10. The minimum Gasteiger partial charge on any atom is -0.323 e. The molecule has 1 aromatic heterocycles. The highest BCUT2D eigenvalue weighted by molar-refractivity contribution is 7.99. The van der Waals surface area contributed by atoms with Gasteiger partial charge in [-0.1, -0.05) is 41.6 Å². The Balaban J connectivity index is 1.67. The van der Waals surface area contributed by atoms with Gasteiger partial charge in [0.2, 0.25) is 5.91 Å². The van der Waals surface area contributed by atoms with Crippen molar-refractivity contribution in [3.63, 3.8) is 0 Å². The monoisotopic (exact) mass is 375 g/mol. The number of amides is 1. The van der Waals surface area contributed by atoms with Crippen LogP contribution in [0.2, 0.25) is 5.02 Å². The van der Waals surface area contributed by atoms with E-state index in [1.165, 1.54) is 23.9 Å². The number of rotatable bonds is 5. The first-order chi connectivity index (χ1) is 12.0. The van der Waals surface area contributed by atoms with Crippen LogP contribution in [0.15, 0.2) is 60.0 Å². The molecule has 2 aromatic carbocycles. The molecule has 7 heteroatoms. The van der Waals surface area contributed by atoms with Crippen molar-refractivity contribution in [3.8, 4) is 5.69 Å². The topological polar surface area (TPSA) is 46.9 Å². The summed E-state index contributed by atoms with van der Waals surface area (Å²) in [5, 5.41) is 3.52. The second kappa shape index (κ2) is 7.72. The number of hydrogen-bond acceptors (Lipinski definition) is 3. The van der Waals surface area contributed by atoms with Gasteiger partial charge in [0.15, 0.2) is 5.16 Å². The summed E-state index contributed by atoms with van der Waals surface area (Å²) in [6.07, 6.45) is 3.53. The molecule has 0 aliphatic heterocycles. The van der Waals surface area contributed by atoms with Crippen LogP contribution in [0.25, 0.3) is 5.69 Å². The van der Waals surface area contributed by atoms with E-state index < -0.39 is 5.82 Å². The summed E-state index contributed by atoms with van der Waals surface area (Å²) in [5.41, 5.74) is 2.22. The van der Waals surface area contributed by atoms with Gasteiger partial charge < -0.3 is 5.32 Å². The summed E-state index contributed by atoms with van der Waals surface area (Å²) < 4.78 is 15.7. The Labute approximate surface area is 154 Å². The molecule has 0 aliphatic carbocycles. The van der Waals surface area contributed by atoms with Crippen molar-refractivity contribution in [1.29, 1.82) is 0 Å². The standard InChI is InChI=1S/C18H15ClFN3OS/c1-12-4-2-3-5-16(12)23-9-8-21-18(23)25-11-17(24)22-15-7-6-13(19)10-14(15)20/h2-10H,11H2,1H3,(H,22,24). The number of para-hydroxylation sites is 1. The fraction of sp³-hybridized carbons (Fsp3) is 0.111. The van der Waals surface area contributed by atoms with Crippen molar-refractivity contribution in [1.82, 2.24) is 9.55 Å². The number of aromatic nitrogens is 2. The highest BCUT2D eigenvalue weighted by atomic mass is 35.5. The highest BCUT2D eigenvalue weighted by Crippen LogP contribution is 2.23. The van der Waals surface area contributed by atoms with Crippen molar-refractivity contribution in [3.05, 3.63) is 71.3 Å². The van der Waals surface area contributed by atoms with Gasteiger partial charge in [-0.05, 0) is 36.8 Å². The second-order valence-corrected chi connectivity index (χ2v) is 6.71. The number of anilines is 1. The number of aryl methyl sites for hydroxylation is 1. The summed E-state index contributed by atoms with van der Waals surface area (Å²) in [6.45, 7) is 2.01. The Morgan fingerprint density at radius 1 is 1.32 bits per heavy atom. The summed E-state index contributed by atoms with van der Waals surface area (Å²) in [7, 11) is 0. The molecule has 3 rings (SSSR count). The fourth-order valence-corrected chi connectivity index (χ4v) is 3.25. The summed E-state index contributed by atoms with van der Waals surface area (Å²) in [4.78, 5) is 16.4. The second-order valence-electron chi connectivity index (χ2n) is 5.33. The first kappa shape index (κ1) is 17.5. The smallest absolute Gasteiger partial charge is 0.234 e. The van der Waals surface area contributed by atoms with Crippen molar-refractivity contribution in [2.24, 2.45) is 0 Å². The molecular weight excluding hydrogens is 361 g/mol. The lowest BCUT2D eigenvalue weighted by atomic mass is 10.2. The molecule has 0 saturated carbocycles. The Hall–Kier alpha value is -2.31. The Morgan fingerprint density at radius 3 is 2.88 bits per heavy atom. The first-order valence-corrected chi connectivity index (χ1v) is 8.88. The fourth-order valence-electron chi connectivity index (χ4n) is 2.32. The van der Waals surface area contributed by atoms with Crippen LogP contribution in [0.4, 0.5) is 10.1 Å². The molecule has 0 saturated heterocycles. The van der Waals surface area contributed by atoms with E-state index in [4.69, 9.17) is 11.6 Å². The van der Waals surface area contributed by atoms with Gasteiger partial charge in [0, 0.05) is 17.4 Å². The molecule has 0 bridgehead atoms. The normalized spacial score (nSPS) is 10.7. The molecule has 0 fully saturated rings. The average molecular weight is 376 g/mol. The number of carbonyl (C=O) groups excluding carboxylic acids is 1. The molecule has 3 aromatic rings. The van der Waals surface area contributed by atoms with Crippen LogP contribution in [0.3, 0.4) is 0 Å². The minimum atomic E-state index is -0.563. The Morgan fingerprint density at radius 2 is 2.12 bits per heavy atom. The van der Waals surface area contributed by atoms with Gasteiger partial charge in [-0.25, -0.2) is 9.37 Å². The molecule has 1 heterocycles. The number of benzene rings is 2. The zero-order valence-corrected chi connectivity index (χ0v) is 14.9. The Kier molecular flexibility index (Phi) is 5.40. The molecule has 25 heavy (non-hydrogen) atoms. The number of thioether (sulfide) groups is 1. The molecule has 0 unspecified atom stereocenters. The van der Waals surface area contributed by atoms with E-state index in [-0.39, 0.29) is 22.4 Å². The Bertz CT molecular complexity index is 913. The predicted octanol–water partition coefficient (Wildman–Crippen LogP) is 4.70. The van der Waals surface area contributed by atoms with Gasteiger partial charge in [0.1, 0.15) is 5.82 Å². The summed E-state index contributed by atoms with van der Waals surface area (Å²) in [6, 6.07) is 12.1.